The standard InChI is InChI=1S/C15H20N2O2.ClH/c1-3-17(15(18)8-9-16)11(2)14-10-12-6-4-5-7-13(12)19-14;/h4-7,10-11H,3,8-9,16H2,1-2H3;1H. The Morgan fingerprint density at radius 3 is 2.70 bits per heavy atom. The fraction of sp³-hybridized carbons (Fsp3) is 0.400. The number of hydrogen-bond acceptors (Lipinski definition) is 3. The van der Waals surface area contributed by atoms with E-state index in [0.717, 1.165) is 16.7 Å². The maximum absolute atomic E-state index is 12.0. The summed E-state index contributed by atoms with van der Waals surface area (Å²) in [5.41, 5.74) is 6.30. The lowest BCUT2D eigenvalue weighted by molar-refractivity contribution is -0.133. The molecule has 20 heavy (non-hydrogen) atoms. The lowest BCUT2D eigenvalue weighted by Crippen LogP contribution is -2.34. The maximum Gasteiger partial charge on any atom is 0.224 e. The average molecular weight is 297 g/mol. The molecule has 0 saturated carbocycles. The van der Waals surface area contributed by atoms with Gasteiger partial charge in [-0.1, -0.05) is 18.2 Å². The molecular weight excluding hydrogens is 276 g/mol. The van der Waals surface area contributed by atoms with Gasteiger partial charge in [-0.3, -0.25) is 4.79 Å². The predicted molar refractivity (Wildman–Crippen MR) is 82.9 cm³/mol. The second-order valence-corrected chi connectivity index (χ2v) is 4.58. The summed E-state index contributed by atoms with van der Waals surface area (Å²) in [4.78, 5) is 13.8. The zero-order valence-electron chi connectivity index (χ0n) is 11.8. The first kappa shape index (κ1) is 16.5. The Bertz CT molecular complexity index is 535. The van der Waals surface area contributed by atoms with Gasteiger partial charge in [-0.2, -0.15) is 0 Å². The van der Waals surface area contributed by atoms with E-state index in [9.17, 15) is 4.79 Å². The first-order valence-electron chi connectivity index (χ1n) is 6.65. The van der Waals surface area contributed by atoms with Crippen molar-refractivity contribution < 1.29 is 9.21 Å². The molecule has 0 bridgehead atoms. The van der Waals surface area contributed by atoms with Crippen LogP contribution in [0, 0.1) is 0 Å². The number of hydrogen-bond donors (Lipinski definition) is 1. The summed E-state index contributed by atoms with van der Waals surface area (Å²) >= 11 is 0. The number of nitrogens with two attached hydrogens (primary N) is 1. The summed E-state index contributed by atoms with van der Waals surface area (Å²) in [6, 6.07) is 9.78. The molecule has 0 radical (unpaired) electrons. The van der Waals surface area contributed by atoms with Gasteiger partial charge in [0.1, 0.15) is 11.3 Å². The van der Waals surface area contributed by atoms with Crippen LogP contribution in [-0.4, -0.2) is 23.9 Å². The molecule has 2 N–H and O–H groups in total. The third kappa shape index (κ3) is 3.32. The number of carbonyl (C=O) groups is 1. The van der Waals surface area contributed by atoms with Gasteiger partial charge < -0.3 is 15.1 Å². The van der Waals surface area contributed by atoms with Gasteiger partial charge in [0.05, 0.1) is 6.04 Å². The number of fused-ring (bicyclic) bond motifs is 1. The number of benzene rings is 1. The van der Waals surface area contributed by atoms with E-state index in [-0.39, 0.29) is 24.4 Å². The van der Waals surface area contributed by atoms with Gasteiger partial charge in [-0.15, -0.1) is 12.4 Å². The molecule has 0 aliphatic heterocycles. The van der Waals surface area contributed by atoms with Gasteiger partial charge in [0.2, 0.25) is 5.91 Å². The quantitative estimate of drug-likeness (QED) is 0.922. The van der Waals surface area contributed by atoms with Crippen molar-refractivity contribution in [3.8, 4) is 0 Å². The molecule has 110 valence electrons. The molecule has 0 aliphatic rings. The van der Waals surface area contributed by atoms with Crippen LogP contribution in [0.15, 0.2) is 34.7 Å². The highest BCUT2D eigenvalue weighted by Gasteiger charge is 2.22. The Hall–Kier alpha value is -1.52. The number of carbonyl (C=O) groups excluding carboxylic acids is 1. The van der Waals surface area contributed by atoms with E-state index in [0.29, 0.717) is 19.5 Å². The van der Waals surface area contributed by atoms with Crippen molar-refractivity contribution >= 4 is 29.3 Å². The lowest BCUT2D eigenvalue weighted by atomic mass is 10.2. The van der Waals surface area contributed by atoms with Crippen LogP contribution in [0.4, 0.5) is 0 Å². The molecule has 1 amide bonds. The molecule has 1 heterocycles. The fourth-order valence-corrected chi connectivity index (χ4v) is 2.30. The summed E-state index contributed by atoms with van der Waals surface area (Å²) in [6.07, 6.45) is 0.373. The Kier molecular flexibility index (Phi) is 6.05. The topological polar surface area (TPSA) is 59.5 Å². The molecule has 2 rings (SSSR count). The second-order valence-electron chi connectivity index (χ2n) is 4.58. The van der Waals surface area contributed by atoms with Crippen molar-refractivity contribution in [3.05, 3.63) is 36.1 Å². The normalized spacial score (nSPS) is 11.9. The SMILES string of the molecule is CCN(C(=O)CCN)C(C)c1cc2ccccc2o1.Cl. The first-order valence-corrected chi connectivity index (χ1v) is 6.65. The Labute approximate surface area is 125 Å². The van der Waals surface area contributed by atoms with Crippen molar-refractivity contribution in [1.82, 2.24) is 4.90 Å². The molecule has 1 atom stereocenters. The van der Waals surface area contributed by atoms with E-state index in [1.807, 2.05) is 44.2 Å². The maximum atomic E-state index is 12.0. The van der Waals surface area contributed by atoms with E-state index in [2.05, 4.69) is 0 Å². The van der Waals surface area contributed by atoms with Crippen molar-refractivity contribution in [1.29, 1.82) is 0 Å². The van der Waals surface area contributed by atoms with E-state index in [1.54, 1.807) is 4.90 Å². The predicted octanol–water partition coefficient (Wildman–Crippen LogP) is 3.11. The smallest absolute Gasteiger partial charge is 0.224 e. The summed E-state index contributed by atoms with van der Waals surface area (Å²) in [5.74, 6) is 0.881. The molecule has 1 unspecified atom stereocenters. The summed E-state index contributed by atoms with van der Waals surface area (Å²) in [6.45, 7) is 4.97. The molecule has 0 spiro atoms. The van der Waals surface area contributed by atoms with Gasteiger partial charge in [0.15, 0.2) is 0 Å². The van der Waals surface area contributed by atoms with Crippen molar-refractivity contribution in [2.24, 2.45) is 5.73 Å². The third-order valence-corrected chi connectivity index (χ3v) is 3.34. The highest BCUT2D eigenvalue weighted by molar-refractivity contribution is 5.85. The molecule has 4 nitrogen and oxygen atoms in total. The highest BCUT2D eigenvalue weighted by atomic mass is 35.5. The molecule has 0 aliphatic carbocycles. The van der Waals surface area contributed by atoms with Crippen LogP contribution in [0.5, 0.6) is 0 Å². The Balaban J connectivity index is 0.00000200. The van der Waals surface area contributed by atoms with Crippen molar-refractivity contribution in [3.63, 3.8) is 0 Å². The summed E-state index contributed by atoms with van der Waals surface area (Å²) < 4.78 is 5.82. The van der Waals surface area contributed by atoms with Gasteiger partial charge in [0, 0.05) is 24.9 Å². The van der Waals surface area contributed by atoms with Crippen LogP contribution in [0.2, 0.25) is 0 Å². The molecular formula is C15H21ClN2O2. The third-order valence-electron chi connectivity index (χ3n) is 3.34. The largest absolute Gasteiger partial charge is 0.459 e. The van der Waals surface area contributed by atoms with Crippen LogP contribution in [0.1, 0.15) is 32.1 Å². The molecule has 5 heteroatoms. The summed E-state index contributed by atoms with van der Waals surface area (Å²) in [5, 5.41) is 1.06. The number of furan rings is 1. The molecule has 0 fully saturated rings. The van der Waals surface area contributed by atoms with Gasteiger partial charge in [0.25, 0.3) is 0 Å². The monoisotopic (exact) mass is 296 g/mol. The number of amides is 1. The fourth-order valence-electron chi connectivity index (χ4n) is 2.30. The van der Waals surface area contributed by atoms with Crippen LogP contribution in [0.3, 0.4) is 0 Å². The number of rotatable bonds is 5. The molecule has 1 aromatic carbocycles. The Morgan fingerprint density at radius 2 is 2.10 bits per heavy atom. The second kappa shape index (κ2) is 7.31. The van der Waals surface area contributed by atoms with Crippen LogP contribution < -0.4 is 5.73 Å². The van der Waals surface area contributed by atoms with Crippen LogP contribution in [0.25, 0.3) is 11.0 Å². The zero-order chi connectivity index (χ0) is 13.8. The van der Waals surface area contributed by atoms with Crippen molar-refractivity contribution in [2.75, 3.05) is 13.1 Å². The molecule has 0 saturated heterocycles. The highest BCUT2D eigenvalue weighted by Crippen LogP contribution is 2.27. The van der Waals surface area contributed by atoms with Gasteiger partial charge in [-0.25, -0.2) is 0 Å². The number of para-hydroxylation sites is 1. The number of halogens is 1. The van der Waals surface area contributed by atoms with Crippen LogP contribution >= 0.6 is 12.4 Å². The van der Waals surface area contributed by atoms with Gasteiger partial charge in [-0.05, 0) is 26.0 Å². The molecule has 1 aromatic heterocycles. The first-order chi connectivity index (χ1) is 9.17. The van der Waals surface area contributed by atoms with Gasteiger partial charge >= 0.3 is 0 Å². The van der Waals surface area contributed by atoms with Crippen molar-refractivity contribution in [2.45, 2.75) is 26.3 Å². The minimum absolute atomic E-state index is 0. The minimum atomic E-state index is -0.0727. The Morgan fingerprint density at radius 1 is 1.40 bits per heavy atom. The summed E-state index contributed by atoms with van der Waals surface area (Å²) in [7, 11) is 0. The average Bonchev–Trinajstić information content (AvgIpc) is 2.83. The molecule has 2 aromatic rings. The number of nitrogens with zero attached hydrogens (tertiary/aromatic N) is 1. The van der Waals surface area contributed by atoms with Crippen LogP contribution in [-0.2, 0) is 4.79 Å². The minimum Gasteiger partial charge on any atom is -0.459 e. The van der Waals surface area contributed by atoms with E-state index in [4.69, 9.17) is 10.2 Å². The van der Waals surface area contributed by atoms with E-state index in [1.165, 1.54) is 0 Å². The van der Waals surface area contributed by atoms with E-state index >= 15 is 0 Å². The van der Waals surface area contributed by atoms with E-state index < -0.39 is 0 Å². The lowest BCUT2D eigenvalue weighted by Gasteiger charge is -2.26. The zero-order valence-corrected chi connectivity index (χ0v) is 12.7.